The van der Waals surface area contributed by atoms with E-state index >= 15 is 0 Å². The molecule has 0 aliphatic heterocycles. The molecule has 0 aliphatic rings. The van der Waals surface area contributed by atoms with Crippen LogP contribution in [0.3, 0.4) is 0 Å². The van der Waals surface area contributed by atoms with Crippen molar-refractivity contribution in [2.24, 2.45) is 17.2 Å². The van der Waals surface area contributed by atoms with Gasteiger partial charge in [-0.25, -0.2) is 0 Å². The average molecular weight is 315 g/mol. The van der Waals surface area contributed by atoms with Gasteiger partial charge >= 0.3 is 0 Å². The summed E-state index contributed by atoms with van der Waals surface area (Å²) in [6.45, 7) is 0.985. The summed E-state index contributed by atoms with van der Waals surface area (Å²) in [6.07, 6.45) is 4.80. The van der Waals surface area contributed by atoms with E-state index in [1.807, 2.05) is 0 Å². The zero-order valence-electron chi connectivity index (χ0n) is 13.1. The summed E-state index contributed by atoms with van der Waals surface area (Å²) in [5, 5.41) is 5.04. The van der Waals surface area contributed by atoms with Gasteiger partial charge in [0.2, 0.25) is 17.7 Å². The van der Waals surface area contributed by atoms with E-state index in [1.165, 1.54) is 0 Å². The minimum atomic E-state index is -0.722. The molecular weight excluding hydrogens is 286 g/mol. The molecule has 0 saturated heterocycles. The zero-order valence-corrected chi connectivity index (χ0v) is 13.1. The molecule has 22 heavy (non-hydrogen) atoms. The van der Waals surface area contributed by atoms with Crippen molar-refractivity contribution in [2.45, 2.75) is 51.0 Å². The molecule has 8 N–H and O–H groups in total. The van der Waals surface area contributed by atoms with Gasteiger partial charge in [-0.05, 0) is 45.2 Å². The number of hydrogen-bond donors (Lipinski definition) is 5. The van der Waals surface area contributed by atoms with Crippen LogP contribution in [0, 0.1) is 0 Å². The van der Waals surface area contributed by atoms with Gasteiger partial charge in [-0.3, -0.25) is 14.4 Å². The summed E-state index contributed by atoms with van der Waals surface area (Å²) in [5.74, 6) is -1.20. The summed E-state index contributed by atoms with van der Waals surface area (Å²) in [4.78, 5) is 34.5. The van der Waals surface area contributed by atoms with Crippen LogP contribution in [0.5, 0.6) is 0 Å². The summed E-state index contributed by atoms with van der Waals surface area (Å²) in [7, 11) is 0. The summed E-state index contributed by atoms with van der Waals surface area (Å²) >= 11 is 0. The molecule has 1 unspecified atom stereocenters. The molecule has 0 spiro atoms. The SMILES string of the molecule is NCCCCCC(=O)NCC(=O)NC(CCCCN)C(N)=O. The maximum absolute atomic E-state index is 11.7. The summed E-state index contributed by atoms with van der Waals surface area (Å²) < 4.78 is 0. The standard InChI is InChI=1S/C14H29N5O3/c15-8-4-1-2-7-12(20)18-10-13(21)19-11(14(17)22)6-3-5-9-16/h11H,1-10,15-16H2,(H2,17,22)(H,18,20)(H,19,21). The molecule has 128 valence electrons. The molecule has 1 atom stereocenters. The van der Waals surface area contributed by atoms with E-state index in [0.717, 1.165) is 25.7 Å². The molecule has 0 radical (unpaired) electrons. The molecular formula is C14H29N5O3. The van der Waals surface area contributed by atoms with Crippen LogP contribution < -0.4 is 27.8 Å². The Morgan fingerprint density at radius 1 is 0.864 bits per heavy atom. The number of rotatable bonds is 13. The second-order valence-corrected chi connectivity index (χ2v) is 5.18. The average Bonchev–Trinajstić information content (AvgIpc) is 2.48. The predicted molar refractivity (Wildman–Crippen MR) is 84.6 cm³/mol. The minimum Gasteiger partial charge on any atom is -0.368 e. The first-order valence-electron chi connectivity index (χ1n) is 7.76. The van der Waals surface area contributed by atoms with Gasteiger partial charge in [-0.15, -0.1) is 0 Å². The van der Waals surface area contributed by atoms with Crippen molar-refractivity contribution in [3.8, 4) is 0 Å². The van der Waals surface area contributed by atoms with Crippen molar-refractivity contribution >= 4 is 17.7 Å². The van der Waals surface area contributed by atoms with E-state index in [2.05, 4.69) is 10.6 Å². The number of nitrogens with two attached hydrogens (primary N) is 3. The second-order valence-electron chi connectivity index (χ2n) is 5.18. The maximum Gasteiger partial charge on any atom is 0.240 e. The van der Waals surface area contributed by atoms with Crippen LogP contribution in [0.2, 0.25) is 0 Å². The molecule has 0 aromatic heterocycles. The predicted octanol–water partition coefficient (Wildman–Crippen LogP) is -1.28. The van der Waals surface area contributed by atoms with Crippen LogP contribution in [0.1, 0.15) is 44.9 Å². The van der Waals surface area contributed by atoms with E-state index in [9.17, 15) is 14.4 Å². The topological polar surface area (TPSA) is 153 Å². The van der Waals surface area contributed by atoms with Crippen molar-refractivity contribution in [3.05, 3.63) is 0 Å². The molecule has 0 aliphatic carbocycles. The molecule has 8 heteroatoms. The Bertz CT molecular complexity index is 349. The molecule has 0 aromatic carbocycles. The quantitative estimate of drug-likeness (QED) is 0.268. The van der Waals surface area contributed by atoms with Crippen molar-refractivity contribution in [1.29, 1.82) is 0 Å². The van der Waals surface area contributed by atoms with Gasteiger partial charge in [0, 0.05) is 6.42 Å². The highest BCUT2D eigenvalue weighted by Gasteiger charge is 2.17. The highest BCUT2D eigenvalue weighted by atomic mass is 16.2. The lowest BCUT2D eigenvalue weighted by atomic mass is 10.1. The zero-order chi connectivity index (χ0) is 16.8. The summed E-state index contributed by atoms with van der Waals surface area (Å²) in [5.41, 5.74) is 16.0. The number of carbonyl (C=O) groups excluding carboxylic acids is 3. The lowest BCUT2D eigenvalue weighted by Gasteiger charge is -2.15. The Kier molecular flexibility index (Phi) is 12.0. The first kappa shape index (κ1) is 20.3. The number of unbranched alkanes of at least 4 members (excludes halogenated alkanes) is 3. The summed E-state index contributed by atoms with van der Waals surface area (Å²) in [6, 6.07) is -0.722. The lowest BCUT2D eigenvalue weighted by molar-refractivity contribution is -0.128. The molecule has 0 bridgehead atoms. The van der Waals surface area contributed by atoms with E-state index in [0.29, 0.717) is 32.4 Å². The van der Waals surface area contributed by atoms with E-state index in [4.69, 9.17) is 17.2 Å². The van der Waals surface area contributed by atoms with E-state index in [-0.39, 0.29) is 12.5 Å². The van der Waals surface area contributed by atoms with Crippen LogP contribution in [0.25, 0.3) is 0 Å². The Hall–Kier alpha value is -1.67. The minimum absolute atomic E-state index is 0.156. The molecule has 8 nitrogen and oxygen atoms in total. The molecule has 0 heterocycles. The third-order valence-electron chi connectivity index (χ3n) is 3.18. The van der Waals surface area contributed by atoms with Crippen molar-refractivity contribution in [2.75, 3.05) is 19.6 Å². The fraction of sp³-hybridized carbons (Fsp3) is 0.786. The van der Waals surface area contributed by atoms with Crippen molar-refractivity contribution in [1.82, 2.24) is 10.6 Å². The fourth-order valence-corrected chi connectivity index (χ4v) is 1.90. The third-order valence-corrected chi connectivity index (χ3v) is 3.18. The largest absolute Gasteiger partial charge is 0.368 e. The van der Waals surface area contributed by atoms with Gasteiger partial charge < -0.3 is 27.8 Å². The fourth-order valence-electron chi connectivity index (χ4n) is 1.90. The van der Waals surface area contributed by atoms with E-state index in [1.54, 1.807) is 0 Å². The van der Waals surface area contributed by atoms with Crippen LogP contribution in [-0.2, 0) is 14.4 Å². The molecule has 0 fully saturated rings. The first-order chi connectivity index (χ1) is 10.5. The number of carbonyl (C=O) groups is 3. The van der Waals surface area contributed by atoms with Gasteiger partial charge in [0.05, 0.1) is 6.54 Å². The van der Waals surface area contributed by atoms with Crippen LogP contribution in [0.4, 0.5) is 0 Å². The van der Waals surface area contributed by atoms with Crippen molar-refractivity contribution < 1.29 is 14.4 Å². The highest BCUT2D eigenvalue weighted by Crippen LogP contribution is 2.00. The highest BCUT2D eigenvalue weighted by molar-refractivity contribution is 5.89. The third kappa shape index (κ3) is 11.0. The van der Waals surface area contributed by atoms with Gasteiger partial charge in [0.15, 0.2) is 0 Å². The molecule has 0 rings (SSSR count). The molecule has 0 aromatic rings. The Morgan fingerprint density at radius 3 is 2.09 bits per heavy atom. The monoisotopic (exact) mass is 315 g/mol. The van der Waals surface area contributed by atoms with Gasteiger partial charge in [0.25, 0.3) is 0 Å². The van der Waals surface area contributed by atoms with Crippen LogP contribution in [0.15, 0.2) is 0 Å². The van der Waals surface area contributed by atoms with Crippen molar-refractivity contribution in [3.63, 3.8) is 0 Å². The van der Waals surface area contributed by atoms with Crippen LogP contribution in [-0.4, -0.2) is 43.4 Å². The van der Waals surface area contributed by atoms with Gasteiger partial charge in [0.1, 0.15) is 6.04 Å². The van der Waals surface area contributed by atoms with Gasteiger partial charge in [-0.2, -0.15) is 0 Å². The maximum atomic E-state index is 11.7. The number of nitrogens with one attached hydrogen (secondary N) is 2. The molecule has 3 amide bonds. The Labute approximate surface area is 131 Å². The normalized spacial score (nSPS) is 11.7. The van der Waals surface area contributed by atoms with Gasteiger partial charge in [-0.1, -0.05) is 6.42 Å². The number of amides is 3. The lowest BCUT2D eigenvalue weighted by Crippen LogP contribution is -2.47. The molecule has 0 saturated carbocycles. The first-order valence-corrected chi connectivity index (χ1v) is 7.76. The smallest absolute Gasteiger partial charge is 0.240 e. The Morgan fingerprint density at radius 2 is 1.50 bits per heavy atom. The Balaban J connectivity index is 3.93. The number of primary amides is 1. The van der Waals surface area contributed by atoms with E-state index < -0.39 is 17.9 Å². The number of hydrogen-bond acceptors (Lipinski definition) is 5. The van der Waals surface area contributed by atoms with Crippen LogP contribution >= 0.6 is 0 Å². The second kappa shape index (κ2) is 13.0.